The van der Waals surface area contributed by atoms with Crippen molar-refractivity contribution in [3.63, 3.8) is 0 Å². The molecule has 0 aliphatic rings. The van der Waals surface area contributed by atoms with Crippen LogP contribution >= 0.6 is 35.0 Å². The Bertz CT molecular complexity index is 534. The third-order valence-corrected chi connectivity index (χ3v) is 3.72. The highest BCUT2D eigenvalue weighted by molar-refractivity contribution is 7.99. The SMILES string of the molecule is NNc1cc(Sc2cc(Cl)ccc2Cl)ccn1. The molecule has 0 aliphatic carbocycles. The minimum atomic E-state index is 0.605. The van der Waals surface area contributed by atoms with Crippen LogP contribution in [0.3, 0.4) is 0 Å². The second kappa shape index (κ2) is 5.60. The fourth-order valence-electron chi connectivity index (χ4n) is 1.24. The van der Waals surface area contributed by atoms with Crippen LogP contribution in [0.25, 0.3) is 0 Å². The molecule has 0 atom stereocenters. The molecule has 6 heteroatoms. The van der Waals surface area contributed by atoms with Crippen LogP contribution in [0.2, 0.25) is 10.0 Å². The summed E-state index contributed by atoms with van der Waals surface area (Å²) in [5.74, 6) is 5.90. The average molecular weight is 286 g/mol. The van der Waals surface area contributed by atoms with E-state index in [4.69, 9.17) is 29.0 Å². The maximum Gasteiger partial charge on any atom is 0.140 e. The molecule has 0 saturated carbocycles. The predicted octanol–water partition coefficient (Wildman–Crippen LogP) is 3.83. The van der Waals surface area contributed by atoms with Gasteiger partial charge in [-0.05, 0) is 30.3 Å². The largest absolute Gasteiger partial charge is 0.308 e. The fourth-order valence-corrected chi connectivity index (χ4v) is 2.61. The van der Waals surface area contributed by atoms with Crippen molar-refractivity contribution in [2.24, 2.45) is 5.84 Å². The van der Waals surface area contributed by atoms with Gasteiger partial charge in [-0.1, -0.05) is 35.0 Å². The number of hydrogen-bond acceptors (Lipinski definition) is 4. The first kappa shape index (κ1) is 12.5. The molecule has 0 bridgehead atoms. The smallest absolute Gasteiger partial charge is 0.140 e. The first-order chi connectivity index (χ1) is 8.19. The van der Waals surface area contributed by atoms with Gasteiger partial charge in [-0.2, -0.15) is 0 Å². The van der Waals surface area contributed by atoms with E-state index in [1.807, 2.05) is 18.2 Å². The van der Waals surface area contributed by atoms with Crippen molar-refractivity contribution < 1.29 is 0 Å². The van der Waals surface area contributed by atoms with Crippen molar-refractivity contribution in [2.75, 3.05) is 5.43 Å². The van der Waals surface area contributed by atoms with Crippen LogP contribution in [-0.4, -0.2) is 4.98 Å². The number of benzene rings is 1. The molecule has 88 valence electrons. The van der Waals surface area contributed by atoms with Crippen molar-refractivity contribution in [3.05, 3.63) is 46.6 Å². The number of hydrazine groups is 1. The van der Waals surface area contributed by atoms with Crippen molar-refractivity contribution in [1.82, 2.24) is 4.98 Å². The zero-order chi connectivity index (χ0) is 12.3. The van der Waals surface area contributed by atoms with Crippen LogP contribution in [0, 0.1) is 0 Å². The summed E-state index contributed by atoms with van der Waals surface area (Å²) in [6, 6.07) is 9.07. The van der Waals surface area contributed by atoms with Crippen LogP contribution in [0.4, 0.5) is 5.82 Å². The number of nitrogens with zero attached hydrogens (tertiary/aromatic N) is 1. The van der Waals surface area contributed by atoms with E-state index in [9.17, 15) is 0 Å². The summed E-state index contributed by atoms with van der Waals surface area (Å²) in [5, 5.41) is 1.32. The number of aromatic nitrogens is 1. The second-order valence-corrected chi connectivity index (χ2v) is 5.16. The van der Waals surface area contributed by atoms with E-state index in [0.29, 0.717) is 15.9 Å². The van der Waals surface area contributed by atoms with E-state index in [1.54, 1.807) is 18.3 Å². The van der Waals surface area contributed by atoms with Crippen LogP contribution in [0.1, 0.15) is 0 Å². The molecule has 2 rings (SSSR count). The molecule has 0 saturated heterocycles. The summed E-state index contributed by atoms with van der Waals surface area (Å²) in [5.41, 5.74) is 2.50. The second-order valence-electron chi connectivity index (χ2n) is 3.20. The zero-order valence-corrected chi connectivity index (χ0v) is 11.0. The molecule has 1 heterocycles. The predicted molar refractivity (Wildman–Crippen MR) is 72.6 cm³/mol. The van der Waals surface area contributed by atoms with E-state index >= 15 is 0 Å². The number of halogens is 2. The Labute approximate surface area is 113 Å². The quantitative estimate of drug-likeness (QED) is 0.665. The topological polar surface area (TPSA) is 50.9 Å². The highest BCUT2D eigenvalue weighted by Gasteiger charge is 2.04. The number of pyridine rings is 1. The molecule has 0 radical (unpaired) electrons. The Hall–Kier alpha value is -0.940. The van der Waals surface area contributed by atoms with Crippen molar-refractivity contribution in [1.29, 1.82) is 0 Å². The van der Waals surface area contributed by atoms with E-state index < -0.39 is 0 Å². The molecule has 0 amide bonds. The van der Waals surface area contributed by atoms with Gasteiger partial charge in [0.25, 0.3) is 0 Å². The van der Waals surface area contributed by atoms with Crippen molar-refractivity contribution in [3.8, 4) is 0 Å². The molecule has 0 unspecified atom stereocenters. The highest BCUT2D eigenvalue weighted by Crippen LogP contribution is 2.35. The molecular weight excluding hydrogens is 277 g/mol. The first-order valence-corrected chi connectivity index (χ1v) is 6.32. The van der Waals surface area contributed by atoms with Gasteiger partial charge in [0.05, 0.1) is 5.02 Å². The van der Waals surface area contributed by atoms with Gasteiger partial charge in [-0.15, -0.1) is 0 Å². The normalized spacial score (nSPS) is 10.3. The minimum Gasteiger partial charge on any atom is -0.308 e. The standard InChI is InChI=1S/C11H9Cl2N3S/c12-7-1-2-9(13)10(5-7)17-8-3-4-15-11(6-8)16-14/h1-6H,14H2,(H,15,16). The number of anilines is 1. The number of nitrogen functional groups attached to an aromatic ring is 1. The van der Waals surface area contributed by atoms with Crippen molar-refractivity contribution >= 4 is 40.8 Å². The lowest BCUT2D eigenvalue weighted by atomic mass is 10.4. The van der Waals surface area contributed by atoms with Gasteiger partial charge >= 0.3 is 0 Å². The fraction of sp³-hybridized carbons (Fsp3) is 0. The van der Waals surface area contributed by atoms with Gasteiger partial charge < -0.3 is 5.43 Å². The molecule has 0 fully saturated rings. The summed E-state index contributed by atoms with van der Waals surface area (Å²) in [4.78, 5) is 5.91. The van der Waals surface area contributed by atoms with Gasteiger partial charge in [-0.3, -0.25) is 0 Å². The number of nitrogens with one attached hydrogen (secondary N) is 1. The summed E-state index contributed by atoms with van der Waals surface area (Å²) < 4.78 is 0. The number of nitrogens with two attached hydrogens (primary N) is 1. The van der Waals surface area contributed by atoms with Crippen LogP contribution in [0.15, 0.2) is 46.3 Å². The maximum absolute atomic E-state index is 6.08. The minimum absolute atomic E-state index is 0.605. The number of rotatable bonds is 3. The van der Waals surface area contributed by atoms with E-state index in [2.05, 4.69) is 10.4 Å². The lowest BCUT2D eigenvalue weighted by Crippen LogP contribution is -2.07. The highest BCUT2D eigenvalue weighted by atomic mass is 35.5. The monoisotopic (exact) mass is 285 g/mol. The molecule has 17 heavy (non-hydrogen) atoms. The first-order valence-electron chi connectivity index (χ1n) is 4.74. The Balaban J connectivity index is 2.27. The lowest BCUT2D eigenvalue weighted by Gasteiger charge is -2.06. The summed E-state index contributed by atoms with van der Waals surface area (Å²) in [6.07, 6.45) is 1.68. The molecule has 0 spiro atoms. The third-order valence-electron chi connectivity index (χ3n) is 2.00. The van der Waals surface area contributed by atoms with Crippen LogP contribution in [0.5, 0.6) is 0 Å². The summed E-state index contributed by atoms with van der Waals surface area (Å²) >= 11 is 13.5. The Kier molecular flexibility index (Phi) is 4.12. The van der Waals surface area contributed by atoms with Gasteiger partial charge in [0, 0.05) is 21.0 Å². The molecule has 3 N–H and O–H groups in total. The molecule has 3 nitrogen and oxygen atoms in total. The summed E-state index contributed by atoms with van der Waals surface area (Å²) in [6.45, 7) is 0. The van der Waals surface area contributed by atoms with Crippen molar-refractivity contribution in [2.45, 2.75) is 9.79 Å². The Morgan fingerprint density at radius 2 is 2.00 bits per heavy atom. The molecular formula is C11H9Cl2N3S. The third kappa shape index (κ3) is 3.26. The molecule has 1 aromatic carbocycles. The lowest BCUT2D eigenvalue weighted by molar-refractivity contribution is 1.19. The number of hydrogen-bond donors (Lipinski definition) is 2. The van der Waals surface area contributed by atoms with Gasteiger partial charge in [-0.25, -0.2) is 10.8 Å². The zero-order valence-electron chi connectivity index (χ0n) is 8.65. The average Bonchev–Trinajstić information content (AvgIpc) is 2.34. The maximum atomic E-state index is 6.08. The molecule has 2 aromatic rings. The van der Waals surface area contributed by atoms with Gasteiger partial charge in [0.2, 0.25) is 0 Å². The van der Waals surface area contributed by atoms with E-state index in [1.165, 1.54) is 11.8 Å². The van der Waals surface area contributed by atoms with Crippen LogP contribution in [-0.2, 0) is 0 Å². The van der Waals surface area contributed by atoms with E-state index in [0.717, 1.165) is 9.79 Å². The van der Waals surface area contributed by atoms with Gasteiger partial charge in [0.15, 0.2) is 0 Å². The van der Waals surface area contributed by atoms with Gasteiger partial charge in [0.1, 0.15) is 5.82 Å². The van der Waals surface area contributed by atoms with Crippen LogP contribution < -0.4 is 11.3 Å². The Morgan fingerprint density at radius 3 is 2.76 bits per heavy atom. The van der Waals surface area contributed by atoms with E-state index in [-0.39, 0.29) is 0 Å². The molecule has 1 aromatic heterocycles. The Morgan fingerprint density at radius 1 is 1.18 bits per heavy atom. The molecule has 0 aliphatic heterocycles. The summed E-state index contributed by atoms with van der Waals surface area (Å²) in [7, 11) is 0.